The fourth-order valence-corrected chi connectivity index (χ4v) is 3.60. The number of aryl methyl sites for hydroxylation is 2. The molecule has 2 heterocycles. The fraction of sp³-hybridized carbons (Fsp3) is 0.500. The SMILES string of the molecule is O=C(OCc1nnc(C2CC2)o1)c1cc2c(s1)CCC2. The van der Waals surface area contributed by atoms with Gasteiger partial charge in [0.2, 0.25) is 5.89 Å². The van der Waals surface area contributed by atoms with Gasteiger partial charge in [-0.2, -0.15) is 0 Å². The van der Waals surface area contributed by atoms with E-state index in [0.717, 1.165) is 25.7 Å². The third-order valence-electron chi connectivity index (χ3n) is 3.68. The Bertz CT molecular complexity index is 636. The first-order chi connectivity index (χ1) is 9.79. The molecule has 0 amide bonds. The molecule has 2 aromatic heterocycles. The molecule has 0 radical (unpaired) electrons. The molecule has 1 saturated carbocycles. The summed E-state index contributed by atoms with van der Waals surface area (Å²) >= 11 is 1.54. The molecule has 104 valence electrons. The Balaban J connectivity index is 1.38. The lowest BCUT2D eigenvalue weighted by Gasteiger charge is -1.99. The Labute approximate surface area is 120 Å². The van der Waals surface area contributed by atoms with Gasteiger partial charge in [0, 0.05) is 10.8 Å². The molecule has 1 fully saturated rings. The van der Waals surface area contributed by atoms with E-state index in [1.165, 1.54) is 16.9 Å². The van der Waals surface area contributed by atoms with Crippen LogP contribution in [0.3, 0.4) is 0 Å². The maximum atomic E-state index is 12.0. The van der Waals surface area contributed by atoms with Crippen molar-refractivity contribution < 1.29 is 13.9 Å². The number of nitrogens with zero attached hydrogens (tertiary/aromatic N) is 2. The van der Waals surface area contributed by atoms with E-state index in [2.05, 4.69) is 10.2 Å². The second-order valence-electron chi connectivity index (χ2n) is 5.30. The number of aromatic nitrogens is 2. The van der Waals surface area contributed by atoms with E-state index in [1.807, 2.05) is 6.07 Å². The summed E-state index contributed by atoms with van der Waals surface area (Å²) in [5, 5.41) is 7.87. The molecule has 0 unspecified atom stereocenters. The standard InChI is InChI=1S/C14H14N2O3S/c17-14(11-6-9-2-1-3-10(9)20-11)18-7-12-15-16-13(19-12)8-4-5-8/h6,8H,1-5,7H2. The summed E-state index contributed by atoms with van der Waals surface area (Å²) in [5.41, 5.74) is 1.30. The van der Waals surface area contributed by atoms with Crippen molar-refractivity contribution in [3.05, 3.63) is 33.2 Å². The minimum absolute atomic E-state index is 0.0567. The monoisotopic (exact) mass is 290 g/mol. The van der Waals surface area contributed by atoms with Gasteiger partial charge in [0.15, 0.2) is 6.61 Å². The van der Waals surface area contributed by atoms with Gasteiger partial charge in [-0.25, -0.2) is 4.79 Å². The molecule has 0 N–H and O–H groups in total. The second kappa shape index (κ2) is 4.70. The molecule has 0 bridgehead atoms. The summed E-state index contributed by atoms with van der Waals surface area (Å²) in [6.07, 6.45) is 5.59. The quantitative estimate of drug-likeness (QED) is 0.810. The van der Waals surface area contributed by atoms with Gasteiger partial charge in [0.1, 0.15) is 4.88 Å². The molecule has 0 aliphatic heterocycles. The molecular weight excluding hydrogens is 276 g/mol. The van der Waals surface area contributed by atoms with Gasteiger partial charge in [-0.1, -0.05) is 0 Å². The van der Waals surface area contributed by atoms with Crippen LogP contribution in [0.4, 0.5) is 0 Å². The van der Waals surface area contributed by atoms with Gasteiger partial charge >= 0.3 is 5.97 Å². The number of carbonyl (C=O) groups is 1. The van der Waals surface area contributed by atoms with Crippen molar-refractivity contribution in [2.45, 2.75) is 44.6 Å². The van der Waals surface area contributed by atoms with Crippen molar-refractivity contribution in [1.29, 1.82) is 0 Å². The van der Waals surface area contributed by atoms with Gasteiger partial charge in [-0.15, -0.1) is 21.5 Å². The summed E-state index contributed by atoms with van der Waals surface area (Å²) in [6, 6.07) is 1.96. The Hall–Kier alpha value is -1.69. The van der Waals surface area contributed by atoms with Crippen LogP contribution in [-0.4, -0.2) is 16.2 Å². The molecular formula is C14H14N2O3S. The van der Waals surface area contributed by atoms with Crippen LogP contribution in [0.25, 0.3) is 0 Å². The number of esters is 1. The maximum Gasteiger partial charge on any atom is 0.348 e. The number of carbonyl (C=O) groups excluding carboxylic acids is 1. The Morgan fingerprint density at radius 1 is 1.40 bits per heavy atom. The number of thiophene rings is 1. The predicted molar refractivity (Wildman–Crippen MR) is 71.7 cm³/mol. The number of fused-ring (bicyclic) bond motifs is 1. The summed E-state index contributed by atoms with van der Waals surface area (Å²) in [7, 11) is 0. The zero-order valence-electron chi connectivity index (χ0n) is 10.9. The van der Waals surface area contributed by atoms with E-state index in [9.17, 15) is 4.79 Å². The lowest BCUT2D eigenvalue weighted by molar-refractivity contribution is 0.0442. The molecule has 0 aromatic carbocycles. The highest BCUT2D eigenvalue weighted by Gasteiger charge is 2.29. The highest BCUT2D eigenvalue weighted by molar-refractivity contribution is 7.14. The summed E-state index contributed by atoms with van der Waals surface area (Å²) in [5.74, 6) is 1.18. The number of hydrogen-bond acceptors (Lipinski definition) is 6. The number of rotatable bonds is 4. The first kappa shape index (κ1) is 12.1. The third-order valence-corrected chi connectivity index (χ3v) is 4.90. The lowest BCUT2D eigenvalue weighted by Crippen LogP contribution is -2.03. The van der Waals surface area contributed by atoms with Crippen molar-refractivity contribution in [3.8, 4) is 0 Å². The third kappa shape index (κ3) is 2.24. The second-order valence-corrected chi connectivity index (χ2v) is 6.43. The highest BCUT2D eigenvalue weighted by Crippen LogP contribution is 2.39. The maximum absolute atomic E-state index is 12.0. The van der Waals surface area contributed by atoms with Crippen molar-refractivity contribution in [1.82, 2.24) is 10.2 Å². The van der Waals surface area contributed by atoms with Crippen molar-refractivity contribution in [3.63, 3.8) is 0 Å². The normalized spacial score (nSPS) is 17.2. The van der Waals surface area contributed by atoms with Crippen LogP contribution in [0.5, 0.6) is 0 Å². The first-order valence-electron chi connectivity index (χ1n) is 6.90. The minimum atomic E-state index is -0.296. The topological polar surface area (TPSA) is 65.2 Å². The zero-order valence-corrected chi connectivity index (χ0v) is 11.7. The minimum Gasteiger partial charge on any atom is -0.451 e. The van der Waals surface area contributed by atoms with Crippen LogP contribution < -0.4 is 0 Å². The van der Waals surface area contributed by atoms with Crippen LogP contribution in [0.1, 0.15) is 57.1 Å². The van der Waals surface area contributed by atoms with Gasteiger partial charge in [-0.3, -0.25) is 0 Å². The summed E-state index contributed by atoms with van der Waals surface area (Å²) in [4.78, 5) is 14.0. The molecule has 0 atom stereocenters. The average molecular weight is 290 g/mol. The van der Waals surface area contributed by atoms with E-state index in [4.69, 9.17) is 9.15 Å². The molecule has 6 heteroatoms. The molecule has 0 spiro atoms. The molecule has 20 heavy (non-hydrogen) atoms. The molecule has 0 saturated heterocycles. The van der Waals surface area contributed by atoms with Crippen LogP contribution in [0.15, 0.2) is 10.5 Å². The number of hydrogen-bond donors (Lipinski definition) is 0. The van der Waals surface area contributed by atoms with Crippen LogP contribution in [-0.2, 0) is 24.2 Å². The Morgan fingerprint density at radius 3 is 3.10 bits per heavy atom. The summed E-state index contributed by atoms with van der Waals surface area (Å²) in [6.45, 7) is 0.0567. The first-order valence-corrected chi connectivity index (χ1v) is 7.72. The van der Waals surface area contributed by atoms with E-state index < -0.39 is 0 Å². The smallest absolute Gasteiger partial charge is 0.348 e. The molecule has 5 nitrogen and oxygen atoms in total. The fourth-order valence-electron chi connectivity index (χ4n) is 2.45. The van der Waals surface area contributed by atoms with Crippen molar-refractivity contribution >= 4 is 17.3 Å². The van der Waals surface area contributed by atoms with Crippen LogP contribution in [0, 0.1) is 0 Å². The largest absolute Gasteiger partial charge is 0.451 e. The van der Waals surface area contributed by atoms with Crippen molar-refractivity contribution in [2.24, 2.45) is 0 Å². The van der Waals surface area contributed by atoms with Crippen molar-refractivity contribution in [2.75, 3.05) is 0 Å². The van der Waals surface area contributed by atoms with Gasteiger partial charge in [0.25, 0.3) is 5.89 Å². The number of ether oxygens (including phenoxy) is 1. The molecule has 4 rings (SSSR count). The van der Waals surface area contributed by atoms with Gasteiger partial charge < -0.3 is 9.15 Å². The Kier molecular flexibility index (Phi) is 2.84. The van der Waals surface area contributed by atoms with E-state index >= 15 is 0 Å². The summed E-state index contributed by atoms with van der Waals surface area (Å²) < 4.78 is 10.7. The van der Waals surface area contributed by atoms with Gasteiger partial charge in [-0.05, 0) is 43.7 Å². The molecule has 2 aliphatic rings. The average Bonchev–Trinajstić information content (AvgIpc) is 2.88. The Morgan fingerprint density at radius 2 is 2.30 bits per heavy atom. The molecule has 2 aliphatic carbocycles. The highest BCUT2D eigenvalue weighted by atomic mass is 32.1. The molecule has 2 aromatic rings. The van der Waals surface area contributed by atoms with Crippen LogP contribution in [0.2, 0.25) is 0 Å². The van der Waals surface area contributed by atoms with Crippen LogP contribution >= 0.6 is 11.3 Å². The van der Waals surface area contributed by atoms with E-state index in [-0.39, 0.29) is 12.6 Å². The van der Waals surface area contributed by atoms with E-state index in [1.54, 1.807) is 11.3 Å². The predicted octanol–water partition coefficient (Wildman–Crippen LogP) is 2.85. The zero-order chi connectivity index (χ0) is 13.5. The lowest BCUT2D eigenvalue weighted by atomic mass is 10.2. The van der Waals surface area contributed by atoms with E-state index in [0.29, 0.717) is 22.6 Å². The van der Waals surface area contributed by atoms with Gasteiger partial charge in [0.05, 0.1) is 0 Å².